The Bertz CT molecular complexity index is 2100. The van der Waals surface area contributed by atoms with Crippen molar-refractivity contribution in [3.05, 3.63) is 59.4 Å². The second kappa shape index (κ2) is 13.3. The van der Waals surface area contributed by atoms with E-state index in [4.69, 9.17) is 0 Å². The maximum absolute atomic E-state index is 14.5. The Kier molecular flexibility index (Phi) is 8.63. The highest BCUT2D eigenvalue weighted by molar-refractivity contribution is 6.01. The lowest BCUT2D eigenvalue weighted by atomic mass is 9.87. The molecule has 11 nitrogen and oxygen atoms in total. The fraction of sp³-hybridized carbons (Fsp3) is 0.537. The molecule has 3 atom stereocenters. The van der Waals surface area contributed by atoms with E-state index in [9.17, 15) is 23.2 Å². The minimum absolute atomic E-state index is 0.112. The predicted octanol–water partition coefficient (Wildman–Crippen LogP) is 5.82. The number of hydrogen-bond acceptors (Lipinski definition) is 7. The molecule has 1 saturated carbocycles. The van der Waals surface area contributed by atoms with Gasteiger partial charge < -0.3 is 19.7 Å². The van der Waals surface area contributed by atoms with Gasteiger partial charge in [0.05, 0.1) is 11.6 Å². The Hall–Kier alpha value is -4.65. The SMILES string of the molecule is CN(C(=O)CC1CCN(CC2CCN(c3ccc(C4CCC(=O)NC4=O)cn3)CC2)CC1)c1ccc2cc(-c3n[nH]c4c3C[C@@H]3C(F)(F)C3(C)C4)[nH]c2c1. The van der Waals surface area contributed by atoms with Crippen molar-refractivity contribution in [2.75, 3.05) is 49.6 Å². The van der Waals surface area contributed by atoms with Gasteiger partial charge in [-0.1, -0.05) is 19.1 Å². The van der Waals surface area contributed by atoms with Gasteiger partial charge in [0.15, 0.2) is 0 Å². The quantitative estimate of drug-likeness (QED) is 0.194. The van der Waals surface area contributed by atoms with Crippen LogP contribution in [0.1, 0.15) is 74.6 Å². The van der Waals surface area contributed by atoms with Crippen LogP contribution in [0.2, 0.25) is 0 Å². The third kappa shape index (κ3) is 6.17. The Labute approximate surface area is 313 Å². The van der Waals surface area contributed by atoms with Crippen LogP contribution in [-0.2, 0) is 27.2 Å². The molecule has 284 valence electrons. The fourth-order valence-corrected chi connectivity index (χ4v) is 9.69. The molecule has 3 N–H and O–H groups in total. The second-order valence-electron chi connectivity index (χ2n) is 16.7. The Morgan fingerprint density at radius 3 is 2.52 bits per heavy atom. The number of piperidine rings is 3. The molecule has 13 heteroatoms. The van der Waals surface area contributed by atoms with Gasteiger partial charge in [-0.15, -0.1) is 0 Å². The van der Waals surface area contributed by atoms with Crippen LogP contribution in [-0.4, -0.2) is 88.5 Å². The molecule has 5 aliphatic rings. The molecule has 3 amide bonds. The maximum Gasteiger partial charge on any atom is 0.258 e. The lowest BCUT2D eigenvalue weighted by Crippen LogP contribution is -2.42. The van der Waals surface area contributed by atoms with E-state index in [2.05, 4.69) is 35.3 Å². The summed E-state index contributed by atoms with van der Waals surface area (Å²) in [5.74, 6) is -1.98. The van der Waals surface area contributed by atoms with Crippen LogP contribution in [0.3, 0.4) is 0 Å². The predicted molar refractivity (Wildman–Crippen MR) is 201 cm³/mol. The van der Waals surface area contributed by atoms with Crippen molar-refractivity contribution < 1.29 is 23.2 Å². The van der Waals surface area contributed by atoms with Crippen LogP contribution in [0.25, 0.3) is 22.3 Å². The van der Waals surface area contributed by atoms with Gasteiger partial charge in [0, 0.05) is 91.3 Å². The van der Waals surface area contributed by atoms with Gasteiger partial charge in [-0.2, -0.15) is 5.10 Å². The molecule has 3 aromatic heterocycles. The molecule has 9 rings (SSSR count). The number of fused-ring (bicyclic) bond motifs is 3. The van der Waals surface area contributed by atoms with Gasteiger partial charge in [0.2, 0.25) is 17.7 Å². The van der Waals surface area contributed by atoms with Crippen LogP contribution >= 0.6 is 0 Å². The lowest BCUT2D eigenvalue weighted by Gasteiger charge is -2.38. The number of amides is 3. The van der Waals surface area contributed by atoms with Crippen molar-refractivity contribution in [1.82, 2.24) is 30.4 Å². The summed E-state index contributed by atoms with van der Waals surface area (Å²) in [5, 5.41) is 11.0. The molecular formula is C41H48F2N8O3. The summed E-state index contributed by atoms with van der Waals surface area (Å²) in [6.07, 6.45) is 8.09. The number of nitrogens with one attached hydrogen (secondary N) is 3. The van der Waals surface area contributed by atoms with Gasteiger partial charge in [-0.05, 0) is 93.3 Å². The molecule has 6 heterocycles. The second-order valence-corrected chi connectivity index (χ2v) is 16.7. The number of aromatic nitrogens is 4. The van der Waals surface area contributed by atoms with Gasteiger partial charge in [0.25, 0.3) is 5.92 Å². The number of benzene rings is 1. The number of nitrogens with zero attached hydrogens (tertiary/aromatic N) is 5. The van der Waals surface area contributed by atoms with E-state index >= 15 is 0 Å². The van der Waals surface area contributed by atoms with Crippen LogP contribution in [0.4, 0.5) is 20.3 Å². The zero-order valence-corrected chi connectivity index (χ0v) is 31.0. The van der Waals surface area contributed by atoms with E-state index < -0.39 is 17.3 Å². The number of halogens is 2. The highest BCUT2D eigenvalue weighted by atomic mass is 19.3. The van der Waals surface area contributed by atoms with Crippen molar-refractivity contribution in [3.63, 3.8) is 0 Å². The first-order valence-corrected chi connectivity index (χ1v) is 19.6. The molecule has 2 unspecified atom stereocenters. The first-order chi connectivity index (χ1) is 26.0. The number of H-pyrrole nitrogens is 2. The molecule has 0 bridgehead atoms. The van der Waals surface area contributed by atoms with Crippen LogP contribution in [0, 0.1) is 23.2 Å². The standard InChI is InChI=1S/C41H48F2N8O3/c1-40-21-33-30(20-34(40)41(40,42)43)38(48-47-33)32-18-26-3-5-28(19-31(26)45-32)49(2)37(53)17-24-9-13-50(14-10-24)23-25-11-15-51(16-12-25)35-7-4-27(22-44-35)29-6-8-36(52)46-39(29)54/h3-5,7,18-19,22,24-25,29,34,45H,6,8-17,20-21,23H2,1-2H3,(H,47,48)(H,46,52,54)/t29?,34-,40?/m0/s1. The molecule has 0 radical (unpaired) electrons. The van der Waals surface area contributed by atoms with Crippen LogP contribution in [0.5, 0.6) is 0 Å². The molecule has 2 aliphatic carbocycles. The molecular weight excluding hydrogens is 691 g/mol. The number of aromatic amines is 2. The van der Waals surface area contributed by atoms with Crippen molar-refractivity contribution in [3.8, 4) is 11.4 Å². The minimum atomic E-state index is -2.63. The van der Waals surface area contributed by atoms with E-state index in [-0.39, 0.29) is 23.6 Å². The van der Waals surface area contributed by atoms with Crippen LogP contribution < -0.4 is 15.1 Å². The smallest absolute Gasteiger partial charge is 0.258 e. The molecule has 4 aromatic rings. The summed E-state index contributed by atoms with van der Waals surface area (Å²) in [5.41, 5.74) is 4.80. The highest BCUT2D eigenvalue weighted by Crippen LogP contribution is 2.70. The van der Waals surface area contributed by atoms with Gasteiger partial charge in [0.1, 0.15) is 11.5 Å². The minimum Gasteiger partial charge on any atom is -0.357 e. The van der Waals surface area contributed by atoms with Gasteiger partial charge in [-0.25, -0.2) is 13.8 Å². The summed E-state index contributed by atoms with van der Waals surface area (Å²) in [6.45, 7) is 6.69. The molecule has 4 fully saturated rings. The molecule has 54 heavy (non-hydrogen) atoms. The number of likely N-dealkylation sites (tertiary alicyclic amines) is 1. The Morgan fingerprint density at radius 1 is 1.00 bits per heavy atom. The third-order valence-corrected chi connectivity index (χ3v) is 13.5. The Morgan fingerprint density at radius 2 is 1.78 bits per heavy atom. The van der Waals surface area contributed by atoms with E-state index in [0.29, 0.717) is 49.6 Å². The number of hydrogen-bond donors (Lipinski definition) is 3. The number of imide groups is 1. The first-order valence-electron chi connectivity index (χ1n) is 19.6. The van der Waals surface area contributed by atoms with Crippen molar-refractivity contribution in [2.45, 2.75) is 76.6 Å². The number of anilines is 2. The zero-order chi connectivity index (χ0) is 37.4. The van der Waals surface area contributed by atoms with E-state index in [1.807, 2.05) is 43.4 Å². The summed E-state index contributed by atoms with van der Waals surface area (Å²) in [4.78, 5) is 52.0. The topological polar surface area (TPSA) is 130 Å². The number of alkyl halides is 2. The maximum atomic E-state index is 14.5. The van der Waals surface area contributed by atoms with Crippen molar-refractivity contribution >= 4 is 40.1 Å². The monoisotopic (exact) mass is 738 g/mol. The van der Waals surface area contributed by atoms with Crippen molar-refractivity contribution in [1.29, 1.82) is 0 Å². The Balaban J connectivity index is 0.737. The average molecular weight is 739 g/mol. The summed E-state index contributed by atoms with van der Waals surface area (Å²) >= 11 is 0. The highest BCUT2D eigenvalue weighted by Gasteiger charge is 2.78. The molecule has 1 aromatic carbocycles. The third-order valence-electron chi connectivity index (χ3n) is 13.5. The largest absolute Gasteiger partial charge is 0.357 e. The summed E-state index contributed by atoms with van der Waals surface area (Å²) in [6, 6.07) is 11.9. The fourth-order valence-electron chi connectivity index (χ4n) is 9.69. The molecule has 0 spiro atoms. The average Bonchev–Trinajstić information content (AvgIpc) is 3.55. The summed E-state index contributed by atoms with van der Waals surface area (Å²) in [7, 11) is 1.84. The van der Waals surface area contributed by atoms with Crippen LogP contribution in [0.15, 0.2) is 42.6 Å². The zero-order valence-electron chi connectivity index (χ0n) is 31.0. The lowest BCUT2D eigenvalue weighted by molar-refractivity contribution is -0.134. The van der Waals surface area contributed by atoms with Gasteiger partial charge in [-0.3, -0.25) is 24.8 Å². The van der Waals surface area contributed by atoms with E-state index in [0.717, 1.165) is 103 Å². The van der Waals surface area contributed by atoms with Crippen molar-refractivity contribution in [2.24, 2.45) is 23.2 Å². The molecule has 3 saturated heterocycles. The number of rotatable bonds is 8. The number of carbonyl (C=O) groups is 3. The van der Waals surface area contributed by atoms with Gasteiger partial charge >= 0.3 is 0 Å². The van der Waals surface area contributed by atoms with E-state index in [1.54, 1.807) is 18.0 Å². The summed E-state index contributed by atoms with van der Waals surface area (Å²) < 4.78 is 29.0. The number of carbonyl (C=O) groups excluding carboxylic acids is 3. The van der Waals surface area contributed by atoms with E-state index in [1.165, 1.54) is 0 Å². The normalized spacial score (nSPS) is 26.0. The number of pyridine rings is 1. The molecule has 3 aliphatic heterocycles. The first kappa shape index (κ1) is 35.1.